The summed E-state index contributed by atoms with van der Waals surface area (Å²) in [5, 5.41) is 7.00. The second kappa shape index (κ2) is 8.15. The maximum Gasteiger partial charge on any atom is 0.331 e. The van der Waals surface area contributed by atoms with Crippen molar-refractivity contribution in [2.75, 3.05) is 19.0 Å². The highest BCUT2D eigenvalue weighted by molar-refractivity contribution is 7.10. The third kappa shape index (κ3) is 4.12. The van der Waals surface area contributed by atoms with Gasteiger partial charge in [0.05, 0.1) is 12.8 Å². The number of aromatic nitrogens is 1. The molecule has 2 heterocycles. The van der Waals surface area contributed by atoms with Crippen LogP contribution >= 0.6 is 11.3 Å². The molecule has 4 rings (SSSR count). The van der Waals surface area contributed by atoms with E-state index in [1.807, 2.05) is 24.3 Å². The van der Waals surface area contributed by atoms with E-state index in [1.54, 1.807) is 23.7 Å². The first-order valence-electron chi connectivity index (χ1n) is 8.67. The summed E-state index contributed by atoms with van der Waals surface area (Å²) < 4.78 is 16.2. The number of nitrogens with zero attached hydrogens (tertiary/aromatic N) is 1. The van der Waals surface area contributed by atoms with Crippen LogP contribution in [0.15, 0.2) is 58.5 Å². The molecule has 2 aromatic carbocycles. The van der Waals surface area contributed by atoms with E-state index in [-0.39, 0.29) is 0 Å². The number of hydrogen-bond acceptors (Lipinski definition) is 7. The van der Waals surface area contributed by atoms with Crippen LogP contribution in [-0.2, 0) is 14.3 Å². The molecule has 146 valence electrons. The Balaban J connectivity index is 1.45. The lowest BCUT2D eigenvalue weighted by atomic mass is 10.1. The van der Waals surface area contributed by atoms with Crippen LogP contribution in [0.5, 0.6) is 5.75 Å². The molecule has 0 aliphatic rings. The molecule has 1 amide bonds. The average Bonchev–Trinajstić information content (AvgIpc) is 3.37. The van der Waals surface area contributed by atoms with Crippen LogP contribution < -0.4 is 10.1 Å². The SMILES string of the molecule is COc1cc2c(cc1NC(=O)COC(=O)C=Cc1nccs1)oc1ccccc12. The Labute approximate surface area is 169 Å². The molecule has 0 spiro atoms. The summed E-state index contributed by atoms with van der Waals surface area (Å²) in [4.78, 5) is 28.0. The van der Waals surface area contributed by atoms with Crippen LogP contribution in [0.3, 0.4) is 0 Å². The van der Waals surface area contributed by atoms with Crippen molar-refractivity contribution in [3.63, 3.8) is 0 Å². The smallest absolute Gasteiger partial charge is 0.331 e. The Morgan fingerprint density at radius 3 is 2.86 bits per heavy atom. The highest BCUT2D eigenvalue weighted by atomic mass is 32.1. The number of amides is 1. The Kier molecular flexibility index (Phi) is 5.26. The molecule has 0 atom stereocenters. The van der Waals surface area contributed by atoms with Gasteiger partial charge in [-0.15, -0.1) is 11.3 Å². The zero-order valence-electron chi connectivity index (χ0n) is 15.4. The topological polar surface area (TPSA) is 90.7 Å². The number of methoxy groups -OCH3 is 1. The Morgan fingerprint density at radius 1 is 1.21 bits per heavy atom. The predicted molar refractivity (Wildman–Crippen MR) is 111 cm³/mol. The normalized spacial score (nSPS) is 11.2. The number of esters is 1. The van der Waals surface area contributed by atoms with Gasteiger partial charge in [-0.05, 0) is 18.2 Å². The molecule has 4 aromatic rings. The lowest BCUT2D eigenvalue weighted by molar-refractivity contribution is -0.142. The van der Waals surface area contributed by atoms with Gasteiger partial charge in [0.15, 0.2) is 6.61 Å². The van der Waals surface area contributed by atoms with Gasteiger partial charge in [-0.25, -0.2) is 9.78 Å². The first-order valence-corrected chi connectivity index (χ1v) is 9.55. The van der Waals surface area contributed by atoms with Gasteiger partial charge in [-0.3, -0.25) is 4.79 Å². The minimum Gasteiger partial charge on any atom is -0.495 e. The molecule has 29 heavy (non-hydrogen) atoms. The van der Waals surface area contributed by atoms with Crippen molar-refractivity contribution in [3.05, 3.63) is 59.1 Å². The molecule has 0 bridgehead atoms. The Morgan fingerprint density at radius 2 is 2.07 bits per heavy atom. The molecule has 0 radical (unpaired) electrons. The first kappa shape index (κ1) is 18.7. The minimum absolute atomic E-state index is 0.428. The number of benzene rings is 2. The fraction of sp³-hybridized carbons (Fsp3) is 0.0952. The first-order chi connectivity index (χ1) is 14.1. The summed E-state index contributed by atoms with van der Waals surface area (Å²) in [5.74, 6) is -0.641. The van der Waals surface area contributed by atoms with Gasteiger partial charge < -0.3 is 19.2 Å². The molecule has 0 aliphatic heterocycles. The van der Waals surface area contributed by atoms with Gasteiger partial charge in [0.25, 0.3) is 5.91 Å². The highest BCUT2D eigenvalue weighted by Crippen LogP contribution is 2.36. The summed E-state index contributed by atoms with van der Waals surface area (Å²) in [5.41, 5.74) is 1.79. The molecule has 0 aliphatic carbocycles. The highest BCUT2D eigenvalue weighted by Gasteiger charge is 2.14. The summed E-state index contributed by atoms with van der Waals surface area (Å²) >= 11 is 1.39. The number of hydrogen-bond donors (Lipinski definition) is 1. The maximum atomic E-state index is 12.2. The van der Waals surface area contributed by atoms with Crippen molar-refractivity contribution >= 4 is 56.9 Å². The number of fused-ring (bicyclic) bond motifs is 3. The fourth-order valence-electron chi connectivity index (χ4n) is 2.85. The van der Waals surface area contributed by atoms with Crippen molar-refractivity contribution in [2.24, 2.45) is 0 Å². The predicted octanol–water partition coefficient (Wildman–Crippen LogP) is 4.25. The maximum absolute atomic E-state index is 12.2. The molecular formula is C21H16N2O5S. The Bertz CT molecular complexity index is 1210. The van der Waals surface area contributed by atoms with Crippen LogP contribution in [0.1, 0.15) is 5.01 Å². The molecule has 0 saturated carbocycles. The summed E-state index contributed by atoms with van der Waals surface area (Å²) in [6.45, 7) is -0.428. The van der Waals surface area contributed by atoms with E-state index >= 15 is 0 Å². The lowest BCUT2D eigenvalue weighted by Crippen LogP contribution is -2.20. The molecule has 0 unspecified atom stereocenters. The zero-order valence-corrected chi connectivity index (χ0v) is 16.2. The summed E-state index contributed by atoms with van der Waals surface area (Å²) in [7, 11) is 1.52. The average molecular weight is 408 g/mol. The van der Waals surface area contributed by atoms with Gasteiger partial charge in [0.2, 0.25) is 0 Å². The van der Waals surface area contributed by atoms with Crippen LogP contribution in [0.2, 0.25) is 0 Å². The number of carbonyl (C=O) groups is 2. The van der Waals surface area contributed by atoms with Crippen LogP contribution in [0, 0.1) is 0 Å². The summed E-state index contributed by atoms with van der Waals surface area (Å²) in [6.07, 6.45) is 4.39. The van der Waals surface area contributed by atoms with E-state index < -0.39 is 18.5 Å². The zero-order chi connectivity index (χ0) is 20.2. The number of para-hydroxylation sites is 1. The quantitative estimate of drug-likeness (QED) is 0.379. The van der Waals surface area contributed by atoms with Crippen molar-refractivity contribution in [1.82, 2.24) is 4.98 Å². The van der Waals surface area contributed by atoms with Crippen LogP contribution in [0.25, 0.3) is 28.0 Å². The van der Waals surface area contributed by atoms with E-state index in [1.165, 1.54) is 30.6 Å². The second-order valence-corrected chi connectivity index (χ2v) is 6.93. The molecular weight excluding hydrogens is 392 g/mol. The van der Waals surface area contributed by atoms with Crippen molar-refractivity contribution < 1.29 is 23.5 Å². The third-order valence-corrected chi connectivity index (χ3v) is 4.87. The monoisotopic (exact) mass is 408 g/mol. The standard InChI is InChI=1S/C21H16N2O5S/c1-26-18-10-14-13-4-2-3-5-16(13)28-17(14)11-15(18)23-19(24)12-27-21(25)7-6-20-22-8-9-29-20/h2-11H,12H2,1H3,(H,23,24). The minimum atomic E-state index is -0.630. The lowest BCUT2D eigenvalue weighted by Gasteiger charge is -2.10. The van der Waals surface area contributed by atoms with Gasteiger partial charge >= 0.3 is 5.97 Å². The Hall–Kier alpha value is -3.65. The molecule has 1 N–H and O–H groups in total. The number of thiazole rings is 1. The van der Waals surface area contributed by atoms with Crippen LogP contribution in [-0.4, -0.2) is 30.6 Å². The van der Waals surface area contributed by atoms with E-state index in [0.29, 0.717) is 22.0 Å². The number of carbonyl (C=O) groups excluding carboxylic acids is 2. The molecule has 8 heteroatoms. The number of rotatable bonds is 6. The largest absolute Gasteiger partial charge is 0.495 e. The van der Waals surface area contributed by atoms with Crippen LogP contribution in [0.4, 0.5) is 5.69 Å². The van der Waals surface area contributed by atoms with Crippen molar-refractivity contribution in [3.8, 4) is 5.75 Å². The molecule has 0 fully saturated rings. The van der Waals surface area contributed by atoms with E-state index in [9.17, 15) is 9.59 Å². The van der Waals surface area contributed by atoms with E-state index in [2.05, 4.69) is 10.3 Å². The number of ether oxygens (including phenoxy) is 2. The fourth-order valence-corrected chi connectivity index (χ4v) is 3.37. The van der Waals surface area contributed by atoms with Gasteiger partial charge in [0, 0.05) is 34.5 Å². The van der Waals surface area contributed by atoms with Crippen molar-refractivity contribution in [1.29, 1.82) is 0 Å². The number of anilines is 1. The van der Waals surface area contributed by atoms with Gasteiger partial charge in [0.1, 0.15) is 21.9 Å². The van der Waals surface area contributed by atoms with Gasteiger partial charge in [-0.2, -0.15) is 0 Å². The van der Waals surface area contributed by atoms with E-state index in [4.69, 9.17) is 13.9 Å². The third-order valence-electron chi connectivity index (χ3n) is 4.13. The van der Waals surface area contributed by atoms with E-state index in [0.717, 1.165) is 16.4 Å². The molecule has 7 nitrogen and oxygen atoms in total. The van der Waals surface area contributed by atoms with Crippen molar-refractivity contribution in [2.45, 2.75) is 0 Å². The summed E-state index contributed by atoms with van der Waals surface area (Å²) in [6, 6.07) is 11.1. The number of nitrogens with one attached hydrogen (secondary N) is 1. The molecule has 2 aromatic heterocycles. The molecule has 0 saturated heterocycles. The second-order valence-electron chi connectivity index (χ2n) is 6.01. The number of furan rings is 1. The van der Waals surface area contributed by atoms with Gasteiger partial charge in [-0.1, -0.05) is 18.2 Å².